The third-order valence-electron chi connectivity index (χ3n) is 3.36. The Morgan fingerprint density at radius 3 is 2.45 bits per heavy atom. The Bertz CT molecular complexity index is 584. The molecular weight excluding hydrogens is 315 g/mol. The van der Waals surface area contributed by atoms with Gasteiger partial charge in [0, 0.05) is 24.1 Å². The Morgan fingerprint density at radius 1 is 1.20 bits per heavy atom. The lowest BCUT2D eigenvalue weighted by atomic mass is 10.1. The highest BCUT2D eigenvalue weighted by Gasteiger charge is 2.14. The van der Waals surface area contributed by atoms with Gasteiger partial charge in [-0.25, -0.2) is 4.98 Å². The molecule has 20 heavy (non-hydrogen) atoms. The van der Waals surface area contributed by atoms with E-state index in [4.69, 9.17) is 34.8 Å². The van der Waals surface area contributed by atoms with Crippen molar-refractivity contribution in [3.63, 3.8) is 0 Å². The highest BCUT2D eigenvalue weighted by molar-refractivity contribution is 6.32. The van der Waals surface area contributed by atoms with Gasteiger partial charge in [0.05, 0.1) is 11.1 Å². The molecule has 2 aromatic rings. The van der Waals surface area contributed by atoms with E-state index in [2.05, 4.69) is 16.8 Å². The monoisotopic (exact) mass is 328 g/mol. The predicted molar refractivity (Wildman–Crippen MR) is 87.1 cm³/mol. The van der Waals surface area contributed by atoms with Gasteiger partial charge >= 0.3 is 0 Å². The fourth-order valence-corrected chi connectivity index (χ4v) is 2.51. The molecule has 1 atom stereocenters. The molecule has 1 aromatic carbocycles. The van der Waals surface area contributed by atoms with Gasteiger partial charge in [0.15, 0.2) is 0 Å². The minimum Gasteiger partial charge on any atom is -0.353 e. The van der Waals surface area contributed by atoms with E-state index in [9.17, 15) is 0 Å². The molecule has 106 valence electrons. The molecule has 0 saturated carbocycles. The van der Waals surface area contributed by atoms with Gasteiger partial charge in [-0.1, -0.05) is 35.3 Å². The van der Waals surface area contributed by atoms with E-state index in [1.165, 1.54) is 5.56 Å². The zero-order valence-corrected chi connectivity index (χ0v) is 13.5. The van der Waals surface area contributed by atoms with Gasteiger partial charge in [0.25, 0.3) is 0 Å². The summed E-state index contributed by atoms with van der Waals surface area (Å²) in [4.78, 5) is 6.44. The summed E-state index contributed by atoms with van der Waals surface area (Å²) in [5.74, 6) is 1.21. The first-order valence-electron chi connectivity index (χ1n) is 6.21. The van der Waals surface area contributed by atoms with Crippen molar-refractivity contribution in [2.45, 2.75) is 18.8 Å². The maximum absolute atomic E-state index is 6.03. The second-order valence-corrected chi connectivity index (χ2v) is 5.72. The number of aromatic nitrogens is 1. The molecule has 0 aliphatic heterocycles. The molecule has 0 saturated heterocycles. The molecule has 2 nitrogen and oxygen atoms in total. The first kappa shape index (κ1) is 15.4. The second-order valence-electron chi connectivity index (χ2n) is 4.61. The largest absolute Gasteiger partial charge is 0.353 e. The SMILES string of the molecule is CC(c1ccc(Cl)cc1)N(C)c1cc(CCl)c(Cl)cn1. The number of nitrogens with zero attached hydrogens (tertiary/aromatic N) is 2. The van der Waals surface area contributed by atoms with Crippen LogP contribution >= 0.6 is 34.8 Å². The summed E-state index contributed by atoms with van der Waals surface area (Å²) in [5.41, 5.74) is 2.05. The van der Waals surface area contributed by atoms with Gasteiger partial charge in [-0.05, 0) is 36.2 Å². The fraction of sp³-hybridized carbons (Fsp3) is 0.267. The van der Waals surface area contributed by atoms with Crippen molar-refractivity contribution in [3.05, 3.63) is 57.7 Å². The third-order valence-corrected chi connectivity index (χ3v) is 4.24. The van der Waals surface area contributed by atoms with Crippen LogP contribution in [0.1, 0.15) is 24.1 Å². The van der Waals surface area contributed by atoms with Crippen molar-refractivity contribution < 1.29 is 0 Å². The van der Waals surface area contributed by atoms with E-state index in [-0.39, 0.29) is 6.04 Å². The molecule has 0 amide bonds. The van der Waals surface area contributed by atoms with Crippen LogP contribution in [0.5, 0.6) is 0 Å². The van der Waals surface area contributed by atoms with Crippen molar-refractivity contribution in [3.8, 4) is 0 Å². The van der Waals surface area contributed by atoms with E-state index in [0.29, 0.717) is 10.9 Å². The number of halogens is 3. The number of alkyl halides is 1. The van der Waals surface area contributed by atoms with Crippen molar-refractivity contribution in [2.24, 2.45) is 0 Å². The molecule has 1 unspecified atom stereocenters. The molecule has 0 fully saturated rings. The predicted octanol–water partition coefficient (Wildman–Crippen LogP) is 5.32. The number of hydrogen-bond donors (Lipinski definition) is 0. The Balaban J connectivity index is 2.26. The van der Waals surface area contributed by atoms with E-state index in [1.54, 1.807) is 6.20 Å². The van der Waals surface area contributed by atoms with Gasteiger partial charge < -0.3 is 4.90 Å². The number of pyridine rings is 1. The van der Waals surface area contributed by atoms with Crippen LogP contribution in [0.3, 0.4) is 0 Å². The van der Waals surface area contributed by atoms with E-state index in [1.807, 2.05) is 37.4 Å². The van der Waals surface area contributed by atoms with Crippen molar-refractivity contribution >= 4 is 40.6 Å². The topological polar surface area (TPSA) is 16.1 Å². The van der Waals surface area contributed by atoms with Gasteiger partial charge in [0.1, 0.15) is 5.82 Å². The molecule has 0 aliphatic carbocycles. The number of anilines is 1. The molecule has 1 aromatic heterocycles. The van der Waals surface area contributed by atoms with E-state index >= 15 is 0 Å². The zero-order valence-electron chi connectivity index (χ0n) is 11.3. The summed E-state index contributed by atoms with van der Waals surface area (Å²) in [5, 5.41) is 1.33. The van der Waals surface area contributed by atoms with Gasteiger partial charge in [-0.15, -0.1) is 11.6 Å². The minimum absolute atomic E-state index is 0.170. The summed E-state index contributed by atoms with van der Waals surface area (Å²) >= 11 is 17.8. The first-order valence-corrected chi connectivity index (χ1v) is 7.50. The normalized spacial score (nSPS) is 12.2. The number of rotatable bonds is 4. The molecule has 0 spiro atoms. The molecule has 0 bridgehead atoms. The lowest BCUT2D eigenvalue weighted by Gasteiger charge is -2.27. The second kappa shape index (κ2) is 6.66. The van der Waals surface area contributed by atoms with Crippen LogP contribution in [0.25, 0.3) is 0 Å². The van der Waals surface area contributed by atoms with Crippen LogP contribution in [0.4, 0.5) is 5.82 Å². The standard InChI is InChI=1S/C15H15Cl3N2/c1-10(11-3-5-13(17)6-4-11)20(2)15-7-12(8-16)14(18)9-19-15/h3-7,9-10H,8H2,1-2H3. The lowest BCUT2D eigenvalue weighted by Crippen LogP contribution is -2.22. The molecule has 5 heteroatoms. The summed E-state index contributed by atoms with van der Waals surface area (Å²) in [6.07, 6.45) is 1.64. The average molecular weight is 330 g/mol. The maximum atomic E-state index is 6.03. The van der Waals surface area contributed by atoms with Crippen molar-refractivity contribution in [2.75, 3.05) is 11.9 Å². The van der Waals surface area contributed by atoms with Crippen LogP contribution in [0.2, 0.25) is 10.0 Å². The number of benzene rings is 1. The molecule has 0 radical (unpaired) electrons. The van der Waals surface area contributed by atoms with E-state index in [0.717, 1.165) is 16.4 Å². The lowest BCUT2D eigenvalue weighted by molar-refractivity contribution is 0.728. The van der Waals surface area contributed by atoms with Crippen molar-refractivity contribution in [1.29, 1.82) is 0 Å². The molecule has 0 N–H and O–H groups in total. The highest BCUT2D eigenvalue weighted by atomic mass is 35.5. The Kier molecular flexibility index (Phi) is 5.14. The number of hydrogen-bond acceptors (Lipinski definition) is 2. The summed E-state index contributed by atoms with van der Waals surface area (Å²) < 4.78 is 0. The summed E-state index contributed by atoms with van der Waals surface area (Å²) in [6, 6.07) is 9.90. The molecule has 1 heterocycles. The van der Waals surface area contributed by atoms with Crippen LogP contribution in [-0.2, 0) is 5.88 Å². The average Bonchev–Trinajstić information content (AvgIpc) is 2.47. The highest BCUT2D eigenvalue weighted by Crippen LogP contribution is 2.27. The Hall–Kier alpha value is -0.960. The van der Waals surface area contributed by atoms with Crippen LogP contribution < -0.4 is 4.90 Å². The molecular formula is C15H15Cl3N2. The van der Waals surface area contributed by atoms with Gasteiger partial charge in [-0.2, -0.15) is 0 Å². The molecule has 2 rings (SSSR count). The summed E-state index contributed by atoms with van der Waals surface area (Å²) in [6.45, 7) is 2.11. The summed E-state index contributed by atoms with van der Waals surface area (Å²) in [7, 11) is 1.99. The Morgan fingerprint density at radius 2 is 1.85 bits per heavy atom. The third kappa shape index (κ3) is 3.38. The fourth-order valence-electron chi connectivity index (χ4n) is 1.93. The first-order chi connectivity index (χ1) is 9.52. The molecule has 0 aliphatic rings. The van der Waals surface area contributed by atoms with Crippen LogP contribution in [0.15, 0.2) is 36.5 Å². The van der Waals surface area contributed by atoms with Crippen molar-refractivity contribution in [1.82, 2.24) is 4.98 Å². The van der Waals surface area contributed by atoms with Crippen LogP contribution in [-0.4, -0.2) is 12.0 Å². The maximum Gasteiger partial charge on any atom is 0.129 e. The minimum atomic E-state index is 0.170. The quantitative estimate of drug-likeness (QED) is 0.705. The zero-order chi connectivity index (χ0) is 14.7. The van der Waals surface area contributed by atoms with E-state index < -0.39 is 0 Å². The van der Waals surface area contributed by atoms with Crippen LogP contribution in [0, 0.1) is 0 Å². The van der Waals surface area contributed by atoms with Gasteiger partial charge in [0.2, 0.25) is 0 Å². The Labute approximate surface area is 134 Å². The smallest absolute Gasteiger partial charge is 0.129 e. The van der Waals surface area contributed by atoms with Gasteiger partial charge in [-0.3, -0.25) is 0 Å².